The molecule has 0 saturated carbocycles. The summed E-state index contributed by atoms with van der Waals surface area (Å²) in [5.41, 5.74) is -0.359. The first-order chi connectivity index (χ1) is 15.5. The van der Waals surface area contributed by atoms with Crippen LogP contribution in [-0.4, -0.2) is 36.2 Å². The van der Waals surface area contributed by atoms with Crippen molar-refractivity contribution < 1.29 is 27.4 Å². The first-order valence-corrected chi connectivity index (χ1v) is 10.1. The second-order valence-corrected chi connectivity index (χ2v) is 7.56. The van der Waals surface area contributed by atoms with Crippen molar-refractivity contribution in [1.82, 2.24) is 14.9 Å². The Balaban J connectivity index is 1.82. The van der Waals surface area contributed by atoms with Gasteiger partial charge >= 0.3 is 6.18 Å². The van der Waals surface area contributed by atoms with Gasteiger partial charge in [-0.2, -0.15) is 13.2 Å². The van der Waals surface area contributed by atoms with Crippen molar-refractivity contribution in [3.05, 3.63) is 63.1 Å². The molecule has 7 nitrogen and oxygen atoms in total. The summed E-state index contributed by atoms with van der Waals surface area (Å²) >= 11 is 0. The summed E-state index contributed by atoms with van der Waals surface area (Å²) < 4.78 is 51.4. The predicted octanol–water partition coefficient (Wildman–Crippen LogP) is 3.41. The van der Waals surface area contributed by atoms with Crippen LogP contribution in [0.3, 0.4) is 0 Å². The highest BCUT2D eigenvalue weighted by atomic mass is 19.4. The molecular weight excluding hydrogens is 439 g/mol. The Morgan fingerprint density at radius 3 is 2.36 bits per heavy atom. The largest absolute Gasteiger partial charge is 0.493 e. The fourth-order valence-electron chi connectivity index (χ4n) is 3.42. The fourth-order valence-corrected chi connectivity index (χ4v) is 3.42. The topological polar surface area (TPSA) is 82.5 Å². The number of hydrogen-bond donors (Lipinski definition) is 1. The van der Waals surface area contributed by atoms with Crippen LogP contribution in [0.5, 0.6) is 11.5 Å². The maximum Gasteiger partial charge on any atom is 0.438 e. The predicted molar refractivity (Wildman–Crippen MR) is 117 cm³/mol. The molecule has 2 aromatic carbocycles. The van der Waals surface area contributed by atoms with E-state index in [4.69, 9.17) is 9.47 Å². The average molecular weight is 463 g/mol. The van der Waals surface area contributed by atoms with Crippen molar-refractivity contribution in [1.29, 1.82) is 0 Å². The van der Waals surface area contributed by atoms with Gasteiger partial charge in [-0.15, -0.1) is 0 Å². The Hall–Kier alpha value is -3.56. The highest BCUT2D eigenvalue weighted by molar-refractivity contribution is 5.81. The number of benzene rings is 2. The molecular formula is C23H24F3N3O4. The number of ether oxygens (including phenoxy) is 2. The SMILES string of the molecule is COc1ccc(CCNC(=O)Cn2c(=O)c(C(F)(F)F)nc3cc(C)c(C)cc32)cc1OC. The molecule has 3 rings (SSSR count). The first kappa shape index (κ1) is 24.1. The van der Waals surface area contributed by atoms with E-state index >= 15 is 0 Å². The molecule has 1 aromatic heterocycles. The number of amides is 1. The molecule has 0 fully saturated rings. The Kier molecular flexibility index (Phi) is 6.95. The van der Waals surface area contributed by atoms with Crippen molar-refractivity contribution >= 4 is 16.9 Å². The van der Waals surface area contributed by atoms with Crippen LogP contribution in [0.1, 0.15) is 22.4 Å². The maximum atomic E-state index is 13.4. The molecule has 1 heterocycles. The minimum Gasteiger partial charge on any atom is -0.493 e. The molecule has 1 amide bonds. The van der Waals surface area contributed by atoms with E-state index in [1.54, 1.807) is 32.0 Å². The molecule has 0 aliphatic heterocycles. The van der Waals surface area contributed by atoms with Crippen LogP contribution < -0.4 is 20.3 Å². The molecule has 0 aliphatic carbocycles. The number of aromatic nitrogens is 2. The lowest BCUT2D eigenvalue weighted by atomic mass is 10.1. The number of nitrogens with one attached hydrogen (secondary N) is 1. The zero-order valence-corrected chi connectivity index (χ0v) is 18.7. The van der Waals surface area contributed by atoms with E-state index in [-0.39, 0.29) is 17.6 Å². The van der Waals surface area contributed by atoms with Crippen LogP contribution in [0.25, 0.3) is 11.0 Å². The van der Waals surface area contributed by atoms with Gasteiger partial charge in [-0.25, -0.2) is 4.98 Å². The van der Waals surface area contributed by atoms with Gasteiger partial charge in [0.1, 0.15) is 6.54 Å². The van der Waals surface area contributed by atoms with Gasteiger partial charge in [0, 0.05) is 6.54 Å². The minimum atomic E-state index is -4.93. The maximum absolute atomic E-state index is 13.4. The number of halogens is 3. The summed E-state index contributed by atoms with van der Waals surface area (Å²) in [4.78, 5) is 28.6. The fraction of sp³-hybridized carbons (Fsp3) is 0.348. The lowest BCUT2D eigenvalue weighted by molar-refractivity contribution is -0.142. The Morgan fingerprint density at radius 2 is 1.73 bits per heavy atom. The molecule has 33 heavy (non-hydrogen) atoms. The van der Waals surface area contributed by atoms with Gasteiger partial charge in [-0.05, 0) is 61.2 Å². The molecule has 0 unspecified atom stereocenters. The van der Waals surface area contributed by atoms with E-state index in [9.17, 15) is 22.8 Å². The molecule has 3 aromatic rings. The molecule has 1 N–H and O–H groups in total. The van der Waals surface area contributed by atoms with Crippen LogP contribution in [0.15, 0.2) is 35.1 Å². The van der Waals surface area contributed by atoms with Gasteiger partial charge in [0.25, 0.3) is 5.56 Å². The molecule has 0 atom stereocenters. The van der Waals surface area contributed by atoms with Crippen molar-refractivity contribution in [2.45, 2.75) is 33.0 Å². The van der Waals surface area contributed by atoms with E-state index < -0.39 is 29.9 Å². The van der Waals surface area contributed by atoms with E-state index in [1.165, 1.54) is 20.3 Å². The standard InChI is InChI=1S/C23H24F3N3O4/c1-13-9-16-17(10-14(13)2)29(22(31)21(28-16)23(24,25)26)12-20(30)27-8-7-15-5-6-18(32-3)19(11-15)33-4/h5-6,9-11H,7-8,12H2,1-4H3,(H,27,30). The van der Waals surface area contributed by atoms with Crippen LogP contribution in [0, 0.1) is 13.8 Å². The third-order valence-corrected chi connectivity index (χ3v) is 5.32. The van der Waals surface area contributed by atoms with Gasteiger partial charge in [-0.1, -0.05) is 6.07 Å². The van der Waals surface area contributed by atoms with Crippen molar-refractivity contribution in [2.75, 3.05) is 20.8 Å². The minimum absolute atomic E-state index is 0.00292. The third-order valence-electron chi connectivity index (χ3n) is 5.32. The second-order valence-electron chi connectivity index (χ2n) is 7.56. The Labute approximate surface area is 188 Å². The first-order valence-electron chi connectivity index (χ1n) is 10.1. The number of rotatable bonds is 7. The smallest absolute Gasteiger partial charge is 0.438 e. The third kappa shape index (κ3) is 5.27. The van der Waals surface area contributed by atoms with Gasteiger partial charge < -0.3 is 14.8 Å². The number of hydrogen-bond acceptors (Lipinski definition) is 5. The summed E-state index contributed by atoms with van der Waals surface area (Å²) in [5, 5.41) is 2.65. The van der Waals surface area contributed by atoms with Crippen molar-refractivity contribution in [2.24, 2.45) is 0 Å². The molecule has 0 radical (unpaired) electrons. The van der Waals surface area contributed by atoms with E-state index in [2.05, 4.69) is 10.3 Å². The summed E-state index contributed by atoms with van der Waals surface area (Å²) in [5.74, 6) is 0.526. The zero-order chi connectivity index (χ0) is 24.3. The van der Waals surface area contributed by atoms with E-state index in [0.717, 1.165) is 21.3 Å². The van der Waals surface area contributed by atoms with Gasteiger partial charge in [0.05, 0.1) is 25.3 Å². The van der Waals surface area contributed by atoms with Crippen LogP contribution in [0.2, 0.25) is 0 Å². The van der Waals surface area contributed by atoms with Crippen LogP contribution >= 0.6 is 0 Å². The molecule has 0 spiro atoms. The number of aryl methyl sites for hydroxylation is 2. The summed E-state index contributed by atoms with van der Waals surface area (Å²) in [6.07, 6.45) is -4.49. The highest BCUT2D eigenvalue weighted by Crippen LogP contribution is 2.28. The number of methoxy groups -OCH3 is 2. The Bertz CT molecular complexity index is 1250. The number of alkyl halides is 3. The van der Waals surface area contributed by atoms with Crippen molar-refractivity contribution in [3.8, 4) is 11.5 Å². The summed E-state index contributed by atoms with van der Waals surface area (Å²) in [7, 11) is 3.04. The number of nitrogens with zero attached hydrogens (tertiary/aromatic N) is 2. The Morgan fingerprint density at radius 1 is 1.06 bits per heavy atom. The average Bonchev–Trinajstić information content (AvgIpc) is 2.76. The molecule has 10 heteroatoms. The quantitative estimate of drug-likeness (QED) is 0.581. The number of carbonyl (C=O) groups excluding carboxylic acids is 1. The summed E-state index contributed by atoms with van der Waals surface area (Å²) in [6.45, 7) is 3.16. The second kappa shape index (κ2) is 9.51. The van der Waals surface area contributed by atoms with E-state index in [1.807, 2.05) is 6.07 Å². The van der Waals surface area contributed by atoms with Crippen molar-refractivity contribution in [3.63, 3.8) is 0 Å². The number of fused-ring (bicyclic) bond motifs is 1. The van der Waals surface area contributed by atoms with E-state index in [0.29, 0.717) is 17.9 Å². The van der Waals surface area contributed by atoms with Gasteiger partial charge in [0.2, 0.25) is 11.6 Å². The van der Waals surface area contributed by atoms with Gasteiger partial charge in [-0.3, -0.25) is 14.2 Å². The molecule has 0 bridgehead atoms. The molecule has 0 aliphatic rings. The van der Waals surface area contributed by atoms with Gasteiger partial charge in [0.15, 0.2) is 11.5 Å². The normalized spacial score (nSPS) is 11.5. The number of carbonyl (C=O) groups is 1. The monoisotopic (exact) mass is 463 g/mol. The molecule has 176 valence electrons. The lowest BCUT2D eigenvalue weighted by Gasteiger charge is -2.15. The highest BCUT2D eigenvalue weighted by Gasteiger charge is 2.37. The molecule has 0 saturated heterocycles. The van der Waals surface area contributed by atoms with Crippen LogP contribution in [0.4, 0.5) is 13.2 Å². The van der Waals surface area contributed by atoms with Crippen LogP contribution in [-0.2, 0) is 23.9 Å². The lowest BCUT2D eigenvalue weighted by Crippen LogP contribution is -2.37. The zero-order valence-electron chi connectivity index (χ0n) is 18.7. The summed E-state index contributed by atoms with van der Waals surface area (Å²) in [6, 6.07) is 8.37.